The monoisotopic (exact) mass is 308 g/mol. The van der Waals surface area contributed by atoms with Crippen molar-refractivity contribution < 1.29 is 4.74 Å². The van der Waals surface area contributed by atoms with E-state index in [-0.39, 0.29) is 11.0 Å². The number of halogens is 1. The summed E-state index contributed by atoms with van der Waals surface area (Å²) in [6, 6.07) is 8.04. The van der Waals surface area contributed by atoms with Crippen LogP contribution in [0.3, 0.4) is 0 Å². The van der Waals surface area contributed by atoms with Crippen LogP contribution in [0.5, 0.6) is 0 Å². The standard InChI is InChI=1S/C17H25ClN2O/c1-16(2)15-14(7-8-21-15)17(16,19)11-20(3)10-12-5-4-6-13(18)9-12/h4-6,9,14-15H,7-8,10-11,19H2,1-3H3. The third kappa shape index (κ3) is 2.40. The van der Waals surface area contributed by atoms with Crippen molar-refractivity contribution in [2.75, 3.05) is 20.2 Å². The molecule has 1 aromatic rings. The fourth-order valence-electron chi connectivity index (χ4n) is 4.25. The molecule has 116 valence electrons. The summed E-state index contributed by atoms with van der Waals surface area (Å²) in [6.07, 6.45) is 1.43. The molecule has 1 aliphatic carbocycles. The Morgan fingerprint density at radius 2 is 2.19 bits per heavy atom. The molecule has 0 spiro atoms. The van der Waals surface area contributed by atoms with Gasteiger partial charge < -0.3 is 15.4 Å². The molecule has 3 rings (SSSR count). The SMILES string of the molecule is CN(Cc1cccc(Cl)c1)CC1(N)C2CCOC2C1(C)C. The van der Waals surface area contributed by atoms with Crippen molar-refractivity contribution in [1.82, 2.24) is 4.90 Å². The summed E-state index contributed by atoms with van der Waals surface area (Å²) in [6.45, 7) is 7.10. The Morgan fingerprint density at radius 1 is 1.43 bits per heavy atom. The molecule has 0 aromatic heterocycles. The molecule has 0 radical (unpaired) electrons. The predicted octanol–water partition coefficient (Wildman–Crippen LogP) is 2.91. The molecule has 1 aliphatic heterocycles. The van der Waals surface area contributed by atoms with Gasteiger partial charge in [-0.15, -0.1) is 0 Å². The summed E-state index contributed by atoms with van der Waals surface area (Å²) in [5, 5.41) is 0.789. The van der Waals surface area contributed by atoms with Gasteiger partial charge in [0.1, 0.15) is 0 Å². The first-order chi connectivity index (χ1) is 9.84. The second-order valence-electron chi connectivity index (χ2n) is 7.25. The lowest BCUT2D eigenvalue weighted by Gasteiger charge is -2.63. The van der Waals surface area contributed by atoms with Crippen LogP contribution in [0.1, 0.15) is 25.8 Å². The number of rotatable bonds is 4. The molecule has 1 heterocycles. The van der Waals surface area contributed by atoms with E-state index in [1.54, 1.807) is 0 Å². The highest BCUT2D eigenvalue weighted by molar-refractivity contribution is 6.30. The van der Waals surface area contributed by atoms with E-state index in [4.69, 9.17) is 22.1 Å². The Hall–Kier alpha value is -0.610. The largest absolute Gasteiger partial charge is 0.377 e. The Balaban J connectivity index is 1.68. The first-order valence-electron chi connectivity index (χ1n) is 7.68. The van der Waals surface area contributed by atoms with Crippen LogP contribution in [0, 0.1) is 11.3 Å². The van der Waals surface area contributed by atoms with E-state index in [1.165, 1.54) is 5.56 Å². The number of hydrogen-bond donors (Lipinski definition) is 1. The quantitative estimate of drug-likeness (QED) is 0.929. The van der Waals surface area contributed by atoms with Crippen LogP contribution in [0.25, 0.3) is 0 Å². The van der Waals surface area contributed by atoms with Crippen LogP contribution in [-0.4, -0.2) is 36.7 Å². The van der Waals surface area contributed by atoms with Crippen LogP contribution in [0.4, 0.5) is 0 Å². The highest BCUT2D eigenvalue weighted by atomic mass is 35.5. The fourth-order valence-corrected chi connectivity index (χ4v) is 4.46. The summed E-state index contributed by atoms with van der Waals surface area (Å²) in [7, 11) is 2.13. The van der Waals surface area contributed by atoms with E-state index in [0.29, 0.717) is 12.0 Å². The molecule has 3 atom stereocenters. The van der Waals surface area contributed by atoms with Crippen LogP contribution in [0.15, 0.2) is 24.3 Å². The van der Waals surface area contributed by atoms with Crippen LogP contribution in [0.2, 0.25) is 5.02 Å². The number of likely N-dealkylation sites (N-methyl/N-ethyl adjacent to an activating group) is 1. The third-order valence-corrected chi connectivity index (χ3v) is 5.77. The maximum atomic E-state index is 6.80. The van der Waals surface area contributed by atoms with Crippen molar-refractivity contribution in [2.24, 2.45) is 17.1 Å². The molecule has 2 fully saturated rings. The molecule has 4 heteroatoms. The fraction of sp³-hybridized carbons (Fsp3) is 0.647. The summed E-state index contributed by atoms with van der Waals surface area (Å²) >= 11 is 6.06. The smallest absolute Gasteiger partial charge is 0.0691 e. The van der Waals surface area contributed by atoms with Crippen molar-refractivity contribution in [1.29, 1.82) is 0 Å². The molecule has 3 unspecified atom stereocenters. The van der Waals surface area contributed by atoms with Crippen molar-refractivity contribution in [3.63, 3.8) is 0 Å². The minimum atomic E-state index is -0.165. The van der Waals surface area contributed by atoms with Gasteiger partial charge in [-0.25, -0.2) is 0 Å². The minimum Gasteiger partial charge on any atom is -0.377 e. The maximum Gasteiger partial charge on any atom is 0.0691 e. The van der Waals surface area contributed by atoms with E-state index in [1.807, 2.05) is 18.2 Å². The number of hydrogen-bond acceptors (Lipinski definition) is 3. The van der Waals surface area contributed by atoms with Crippen molar-refractivity contribution in [3.8, 4) is 0 Å². The molecule has 0 amide bonds. The highest BCUT2D eigenvalue weighted by Gasteiger charge is 2.67. The number of fused-ring (bicyclic) bond motifs is 1. The Kier molecular flexibility index (Phi) is 3.81. The second kappa shape index (κ2) is 5.24. The summed E-state index contributed by atoms with van der Waals surface area (Å²) in [5.41, 5.74) is 7.90. The lowest BCUT2D eigenvalue weighted by Crippen LogP contribution is -2.77. The third-order valence-electron chi connectivity index (χ3n) is 5.54. The zero-order chi connectivity index (χ0) is 15.3. The van der Waals surface area contributed by atoms with E-state index in [0.717, 1.165) is 31.1 Å². The average molecular weight is 309 g/mol. The van der Waals surface area contributed by atoms with Crippen LogP contribution >= 0.6 is 11.6 Å². The number of nitrogens with zero attached hydrogens (tertiary/aromatic N) is 1. The number of ether oxygens (including phenoxy) is 1. The Bertz CT molecular complexity index is 533. The zero-order valence-electron chi connectivity index (χ0n) is 13.1. The number of nitrogens with two attached hydrogens (primary N) is 1. The van der Waals surface area contributed by atoms with Gasteiger partial charge in [0.25, 0.3) is 0 Å². The number of benzene rings is 1. The van der Waals surface area contributed by atoms with Crippen LogP contribution in [-0.2, 0) is 11.3 Å². The summed E-state index contributed by atoms with van der Waals surface area (Å²) in [4.78, 5) is 2.31. The van der Waals surface area contributed by atoms with E-state index < -0.39 is 0 Å². The van der Waals surface area contributed by atoms with Gasteiger partial charge in [-0.1, -0.05) is 37.6 Å². The van der Waals surface area contributed by atoms with E-state index in [9.17, 15) is 0 Å². The molecule has 21 heavy (non-hydrogen) atoms. The zero-order valence-corrected chi connectivity index (χ0v) is 13.9. The summed E-state index contributed by atoms with van der Waals surface area (Å²) in [5.74, 6) is 0.495. The lowest BCUT2D eigenvalue weighted by molar-refractivity contribution is -0.162. The Labute approximate surface area is 132 Å². The van der Waals surface area contributed by atoms with Crippen molar-refractivity contribution in [2.45, 2.75) is 38.5 Å². The normalized spacial score (nSPS) is 33.8. The average Bonchev–Trinajstić information content (AvgIpc) is 2.86. The molecule has 2 aliphatic rings. The molecule has 1 saturated carbocycles. The minimum absolute atomic E-state index is 0.0385. The van der Waals surface area contributed by atoms with Gasteiger partial charge in [0.15, 0.2) is 0 Å². The second-order valence-corrected chi connectivity index (χ2v) is 7.69. The molecule has 0 bridgehead atoms. The van der Waals surface area contributed by atoms with Gasteiger partial charge in [0.05, 0.1) is 6.10 Å². The van der Waals surface area contributed by atoms with Crippen molar-refractivity contribution in [3.05, 3.63) is 34.9 Å². The lowest BCUT2D eigenvalue weighted by atomic mass is 9.48. The first kappa shape index (κ1) is 15.3. The van der Waals surface area contributed by atoms with Gasteiger partial charge in [-0.3, -0.25) is 0 Å². The van der Waals surface area contributed by atoms with Gasteiger partial charge in [-0.05, 0) is 31.2 Å². The molecular weight excluding hydrogens is 284 g/mol. The van der Waals surface area contributed by atoms with E-state index >= 15 is 0 Å². The van der Waals surface area contributed by atoms with Gasteiger partial charge in [0.2, 0.25) is 0 Å². The molecule has 2 N–H and O–H groups in total. The molecular formula is C17H25ClN2O. The maximum absolute atomic E-state index is 6.80. The highest BCUT2D eigenvalue weighted by Crippen LogP contribution is 2.58. The van der Waals surface area contributed by atoms with Gasteiger partial charge in [0, 0.05) is 41.6 Å². The molecule has 3 nitrogen and oxygen atoms in total. The summed E-state index contributed by atoms with van der Waals surface area (Å²) < 4.78 is 5.86. The molecule has 1 aromatic carbocycles. The topological polar surface area (TPSA) is 38.5 Å². The first-order valence-corrected chi connectivity index (χ1v) is 8.06. The van der Waals surface area contributed by atoms with Gasteiger partial charge >= 0.3 is 0 Å². The van der Waals surface area contributed by atoms with Crippen LogP contribution < -0.4 is 5.73 Å². The van der Waals surface area contributed by atoms with Gasteiger partial charge in [-0.2, -0.15) is 0 Å². The Morgan fingerprint density at radius 3 is 2.90 bits per heavy atom. The predicted molar refractivity (Wildman–Crippen MR) is 86.3 cm³/mol. The molecule has 1 saturated heterocycles. The van der Waals surface area contributed by atoms with E-state index in [2.05, 4.69) is 31.9 Å². The van der Waals surface area contributed by atoms with Crippen molar-refractivity contribution >= 4 is 11.6 Å².